The maximum absolute atomic E-state index is 9.54. The molecule has 0 atom stereocenters. The average molecular weight is 335 g/mol. The van der Waals surface area contributed by atoms with E-state index in [1.54, 1.807) is 13.2 Å². The maximum Gasteiger partial charge on any atom is 0.144 e. The van der Waals surface area contributed by atoms with Crippen molar-refractivity contribution in [3.8, 4) is 29.1 Å². The molecule has 2 heterocycles. The number of hydrogen-bond acceptors (Lipinski definition) is 6. The van der Waals surface area contributed by atoms with E-state index < -0.39 is 0 Å². The molecule has 3 aromatic rings. The van der Waals surface area contributed by atoms with Crippen molar-refractivity contribution in [2.75, 3.05) is 19.1 Å². The maximum atomic E-state index is 9.54. The van der Waals surface area contributed by atoms with E-state index in [-0.39, 0.29) is 11.4 Å². The van der Waals surface area contributed by atoms with Crippen molar-refractivity contribution in [1.82, 2.24) is 9.61 Å². The molecule has 0 radical (unpaired) electrons. The fourth-order valence-corrected chi connectivity index (χ4v) is 3.24. The first-order valence-corrected chi connectivity index (χ1v) is 8.20. The number of pyridine rings is 1. The quantitative estimate of drug-likeness (QED) is 0.738. The molecule has 3 rings (SSSR count). The lowest BCUT2D eigenvalue weighted by atomic mass is 10.1. The first-order chi connectivity index (χ1) is 11.6. The van der Waals surface area contributed by atoms with Crippen LogP contribution in [-0.2, 0) is 0 Å². The van der Waals surface area contributed by atoms with Crippen LogP contribution < -0.4 is 10.5 Å². The van der Waals surface area contributed by atoms with Crippen LogP contribution in [0.2, 0.25) is 0 Å². The van der Waals surface area contributed by atoms with Gasteiger partial charge in [0.05, 0.1) is 23.9 Å². The van der Waals surface area contributed by atoms with E-state index in [1.807, 2.05) is 30.5 Å². The molecule has 0 saturated heterocycles. The Morgan fingerprint density at radius 1 is 1.17 bits per heavy atom. The van der Waals surface area contributed by atoms with E-state index in [4.69, 9.17) is 10.5 Å². The zero-order valence-electron chi connectivity index (χ0n) is 13.1. The van der Waals surface area contributed by atoms with Gasteiger partial charge in [-0.1, -0.05) is 0 Å². The molecule has 0 fully saturated rings. The van der Waals surface area contributed by atoms with Gasteiger partial charge >= 0.3 is 0 Å². The highest BCUT2D eigenvalue weighted by molar-refractivity contribution is 7.98. The van der Waals surface area contributed by atoms with Crippen LogP contribution in [-0.4, -0.2) is 23.0 Å². The number of aromatic nitrogens is 2. The lowest BCUT2D eigenvalue weighted by Gasteiger charge is -2.08. The number of methoxy groups -OCH3 is 1. The normalized spacial score (nSPS) is 10.3. The highest BCUT2D eigenvalue weighted by atomic mass is 32.2. The number of rotatable bonds is 3. The van der Waals surface area contributed by atoms with E-state index in [0.717, 1.165) is 11.3 Å². The second-order valence-electron chi connectivity index (χ2n) is 4.95. The van der Waals surface area contributed by atoms with Gasteiger partial charge in [0.25, 0.3) is 0 Å². The van der Waals surface area contributed by atoms with Gasteiger partial charge < -0.3 is 10.5 Å². The number of nitriles is 2. The summed E-state index contributed by atoms with van der Waals surface area (Å²) >= 11 is 1.33. The summed E-state index contributed by atoms with van der Waals surface area (Å²) in [4.78, 5) is 0.575. The largest absolute Gasteiger partial charge is 0.497 e. The van der Waals surface area contributed by atoms with Crippen molar-refractivity contribution in [3.63, 3.8) is 0 Å². The van der Waals surface area contributed by atoms with Gasteiger partial charge in [0.1, 0.15) is 29.3 Å². The zero-order chi connectivity index (χ0) is 17.3. The molecule has 0 amide bonds. The fraction of sp³-hybridized carbons (Fsp3) is 0.118. The first kappa shape index (κ1) is 15.7. The highest BCUT2D eigenvalue weighted by Gasteiger charge is 2.20. The lowest BCUT2D eigenvalue weighted by molar-refractivity contribution is 0.415. The minimum Gasteiger partial charge on any atom is -0.497 e. The van der Waals surface area contributed by atoms with Crippen LogP contribution in [0.4, 0.5) is 5.82 Å². The summed E-state index contributed by atoms with van der Waals surface area (Å²) < 4.78 is 6.61. The van der Waals surface area contributed by atoms with Crippen LogP contribution in [0.25, 0.3) is 16.8 Å². The number of hydrogen-bond donors (Lipinski definition) is 1. The molecule has 2 aromatic heterocycles. The first-order valence-electron chi connectivity index (χ1n) is 6.98. The van der Waals surface area contributed by atoms with Gasteiger partial charge in [-0.2, -0.15) is 15.6 Å². The molecular formula is C17H13N5OS. The summed E-state index contributed by atoms with van der Waals surface area (Å²) in [5, 5.41) is 23.4. The Balaban J connectivity index is 2.29. The number of nitrogens with two attached hydrogens (primary N) is 1. The number of nitrogen functional groups attached to an aromatic ring is 1. The number of thioether (sulfide) groups is 1. The Labute approximate surface area is 143 Å². The Bertz CT molecular complexity index is 1010. The molecule has 24 heavy (non-hydrogen) atoms. The summed E-state index contributed by atoms with van der Waals surface area (Å²) in [6.07, 6.45) is 1.81. The van der Waals surface area contributed by atoms with Crippen LogP contribution in [0.5, 0.6) is 5.75 Å². The third kappa shape index (κ3) is 2.32. The second kappa shape index (κ2) is 6.15. The number of nitrogens with zero attached hydrogens (tertiary/aromatic N) is 4. The molecule has 0 bridgehead atoms. The van der Waals surface area contributed by atoms with Crippen molar-refractivity contribution in [1.29, 1.82) is 10.5 Å². The molecule has 2 N–H and O–H groups in total. The minimum absolute atomic E-state index is 0.232. The Morgan fingerprint density at radius 2 is 1.83 bits per heavy atom. The highest BCUT2D eigenvalue weighted by Crippen LogP contribution is 2.34. The van der Waals surface area contributed by atoms with Crippen LogP contribution in [0, 0.1) is 22.7 Å². The Hall–Kier alpha value is -3.16. The van der Waals surface area contributed by atoms with Crippen molar-refractivity contribution >= 4 is 23.1 Å². The van der Waals surface area contributed by atoms with Gasteiger partial charge in [-0.15, -0.1) is 11.8 Å². The number of fused-ring (bicyclic) bond motifs is 1. The van der Waals surface area contributed by atoms with E-state index in [1.165, 1.54) is 16.3 Å². The molecule has 0 aliphatic carbocycles. The van der Waals surface area contributed by atoms with E-state index in [2.05, 4.69) is 17.2 Å². The molecule has 0 saturated carbocycles. The number of benzene rings is 1. The molecule has 118 valence electrons. The third-order valence-corrected chi connectivity index (χ3v) is 4.53. The number of anilines is 1. The molecule has 0 aliphatic heterocycles. The summed E-state index contributed by atoms with van der Waals surface area (Å²) in [6.45, 7) is 0. The Kier molecular flexibility index (Phi) is 4.03. The predicted octanol–water partition coefficient (Wildman–Crippen LogP) is 3.06. The van der Waals surface area contributed by atoms with Crippen molar-refractivity contribution < 1.29 is 4.74 Å². The summed E-state index contributed by atoms with van der Waals surface area (Å²) in [6, 6.07) is 13.5. The van der Waals surface area contributed by atoms with Gasteiger partial charge in [-0.05, 0) is 36.6 Å². The van der Waals surface area contributed by atoms with Crippen LogP contribution in [0.15, 0.2) is 35.2 Å². The molecule has 0 unspecified atom stereocenters. The van der Waals surface area contributed by atoms with E-state index in [0.29, 0.717) is 21.7 Å². The zero-order valence-corrected chi connectivity index (χ0v) is 13.9. The molecule has 1 aromatic carbocycles. The van der Waals surface area contributed by atoms with Gasteiger partial charge in [0.15, 0.2) is 0 Å². The van der Waals surface area contributed by atoms with Crippen molar-refractivity contribution in [3.05, 3.63) is 41.5 Å². The Morgan fingerprint density at radius 3 is 2.38 bits per heavy atom. The van der Waals surface area contributed by atoms with Crippen molar-refractivity contribution in [2.45, 2.75) is 4.90 Å². The smallest absolute Gasteiger partial charge is 0.144 e. The second-order valence-corrected chi connectivity index (χ2v) is 5.76. The van der Waals surface area contributed by atoms with Gasteiger partial charge in [-0.3, -0.25) is 0 Å². The number of ether oxygens (including phenoxy) is 1. The topological polar surface area (TPSA) is 100 Å². The molecule has 0 aliphatic rings. The molecule has 6 nitrogen and oxygen atoms in total. The average Bonchev–Trinajstić information content (AvgIpc) is 3.07. The van der Waals surface area contributed by atoms with Crippen LogP contribution in [0.3, 0.4) is 0 Å². The molecule has 7 heteroatoms. The van der Waals surface area contributed by atoms with Gasteiger partial charge in [0.2, 0.25) is 0 Å². The van der Waals surface area contributed by atoms with Gasteiger partial charge in [-0.25, -0.2) is 4.52 Å². The van der Waals surface area contributed by atoms with Gasteiger partial charge in [0, 0.05) is 10.5 Å². The lowest BCUT2D eigenvalue weighted by Crippen LogP contribution is -2.05. The third-order valence-electron chi connectivity index (χ3n) is 3.72. The SMILES string of the molecule is COc1ccc(-c2cc3c(C#N)c(SC)c(C#N)c(N)n3n2)cc1. The fourth-order valence-electron chi connectivity index (χ4n) is 2.53. The summed E-state index contributed by atoms with van der Waals surface area (Å²) in [5.41, 5.74) is 8.90. The minimum atomic E-state index is 0.232. The summed E-state index contributed by atoms with van der Waals surface area (Å²) in [7, 11) is 1.60. The molecular weight excluding hydrogens is 322 g/mol. The monoisotopic (exact) mass is 335 g/mol. The standard InChI is InChI=1S/C17H13N5OS/c1-23-11-5-3-10(4-6-11)14-7-15-12(8-18)16(24-2)13(9-19)17(20)22(15)21-14/h3-7H,20H2,1-2H3. The van der Waals surface area contributed by atoms with Crippen LogP contribution >= 0.6 is 11.8 Å². The van der Waals surface area contributed by atoms with Crippen LogP contribution in [0.1, 0.15) is 11.1 Å². The van der Waals surface area contributed by atoms with Crippen molar-refractivity contribution in [2.24, 2.45) is 0 Å². The van der Waals surface area contributed by atoms with E-state index >= 15 is 0 Å². The molecule has 0 spiro atoms. The van der Waals surface area contributed by atoms with E-state index in [9.17, 15) is 10.5 Å². The predicted molar refractivity (Wildman–Crippen MR) is 92.8 cm³/mol. The summed E-state index contributed by atoms with van der Waals surface area (Å²) in [5.74, 6) is 0.979.